The summed E-state index contributed by atoms with van der Waals surface area (Å²) >= 11 is 5.95. The molecule has 90 valence electrons. The summed E-state index contributed by atoms with van der Waals surface area (Å²) in [5, 5.41) is 18.4. The molecule has 1 aromatic heterocycles. The number of rotatable bonds is 2. The number of hydrogen-bond acceptors (Lipinski definition) is 3. The van der Waals surface area contributed by atoms with E-state index in [1.165, 1.54) is 0 Å². The number of aromatic nitrogens is 3. The number of benzene rings is 1. The molecular weight excluding hydrogens is 238 g/mol. The lowest BCUT2D eigenvalue weighted by Crippen LogP contribution is -2.15. The van der Waals surface area contributed by atoms with E-state index in [2.05, 4.69) is 10.3 Å². The molecule has 17 heavy (non-hydrogen) atoms. The second-order valence-electron chi connectivity index (χ2n) is 4.54. The number of hydrogen-bond donors (Lipinski definition) is 1. The summed E-state index contributed by atoms with van der Waals surface area (Å²) < 4.78 is 1.62. The average molecular weight is 252 g/mol. The van der Waals surface area contributed by atoms with Crippen molar-refractivity contribution in [3.05, 3.63) is 40.7 Å². The first-order chi connectivity index (χ1) is 7.88. The summed E-state index contributed by atoms with van der Waals surface area (Å²) in [4.78, 5) is 0. The zero-order valence-electron chi connectivity index (χ0n) is 9.98. The van der Waals surface area contributed by atoms with E-state index in [9.17, 15) is 5.11 Å². The first-order valence-electron chi connectivity index (χ1n) is 5.29. The minimum atomic E-state index is -0.995. The normalized spacial score (nSPS) is 11.8. The minimum Gasteiger partial charge on any atom is -0.384 e. The van der Waals surface area contributed by atoms with Crippen LogP contribution in [0.4, 0.5) is 0 Å². The van der Waals surface area contributed by atoms with Crippen molar-refractivity contribution in [2.24, 2.45) is 0 Å². The third kappa shape index (κ3) is 2.48. The van der Waals surface area contributed by atoms with Crippen LogP contribution in [0, 0.1) is 6.92 Å². The van der Waals surface area contributed by atoms with Crippen molar-refractivity contribution in [2.75, 3.05) is 0 Å². The molecule has 0 aliphatic rings. The van der Waals surface area contributed by atoms with Crippen LogP contribution < -0.4 is 0 Å². The van der Waals surface area contributed by atoms with Gasteiger partial charge in [-0.25, -0.2) is 4.68 Å². The van der Waals surface area contributed by atoms with Crippen molar-refractivity contribution in [3.63, 3.8) is 0 Å². The van der Waals surface area contributed by atoms with Crippen molar-refractivity contribution < 1.29 is 5.11 Å². The Kier molecular flexibility index (Phi) is 2.93. The van der Waals surface area contributed by atoms with Gasteiger partial charge in [-0.3, -0.25) is 0 Å². The number of halogens is 1. The van der Waals surface area contributed by atoms with Gasteiger partial charge in [0, 0.05) is 5.02 Å². The predicted molar refractivity (Wildman–Crippen MR) is 66.4 cm³/mol. The highest BCUT2D eigenvalue weighted by molar-refractivity contribution is 6.30. The van der Waals surface area contributed by atoms with Crippen molar-refractivity contribution in [1.29, 1.82) is 0 Å². The van der Waals surface area contributed by atoms with E-state index in [0.29, 0.717) is 10.7 Å². The quantitative estimate of drug-likeness (QED) is 0.892. The topological polar surface area (TPSA) is 50.9 Å². The summed E-state index contributed by atoms with van der Waals surface area (Å²) in [6, 6.07) is 5.57. The van der Waals surface area contributed by atoms with Gasteiger partial charge in [0.25, 0.3) is 0 Å². The molecule has 0 spiro atoms. The lowest BCUT2D eigenvalue weighted by atomic mass is 10.1. The van der Waals surface area contributed by atoms with Crippen LogP contribution in [0.1, 0.15) is 25.1 Å². The van der Waals surface area contributed by atoms with Crippen LogP contribution >= 0.6 is 11.6 Å². The van der Waals surface area contributed by atoms with Crippen molar-refractivity contribution in [1.82, 2.24) is 15.0 Å². The summed E-state index contributed by atoms with van der Waals surface area (Å²) in [6.07, 6.45) is 1.71. The van der Waals surface area contributed by atoms with Gasteiger partial charge in [-0.15, -0.1) is 5.10 Å². The Morgan fingerprint density at radius 1 is 1.35 bits per heavy atom. The highest BCUT2D eigenvalue weighted by Crippen LogP contribution is 2.21. The van der Waals surface area contributed by atoms with Crippen LogP contribution in [0.3, 0.4) is 0 Å². The van der Waals surface area contributed by atoms with Crippen molar-refractivity contribution in [2.45, 2.75) is 26.4 Å². The molecule has 0 saturated heterocycles. The van der Waals surface area contributed by atoms with E-state index in [1.807, 2.05) is 25.1 Å². The van der Waals surface area contributed by atoms with E-state index >= 15 is 0 Å². The fourth-order valence-electron chi connectivity index (χ4n) is 1.49. The molecule has 0 unspecified atom stereocenters. The van der Waals surface area contributed by atoms with Crippen molar-refractivity contribution in [3.8, 4) is 5.69 Å². The van der Waals surface area contributed by atoms with Gasteiger partial charge in [0.05, 0.1) is 11.9 Å². The molecule has 2 rings (SSSR count). The zero-order valence-corrected chi connectivity index (χ0v) is 10.7. The third-order valence-electron chi connectivity index (χ3n) is 2.54. The van der Waals surface area contributed by atoms with Crippen LogP contribution in [0.5, 0.6) is 0 Å². The maximum Gasteiger partial charge on any atom is 0.114 e. The van der Waals surface area contributed by atoms with Gasteiger partial charge in [-0.1, -0.05) is 22.9 Å². The highest BCUT2D eigenvalue weighted by atomic mass is 35.5. The fourth-order valence-corrected chi connectivity index (χ4v) is 1.66. The second-order valence-corrected chi connectivity index (χ2v) is 4.97. The maximum absolute atomic E-state index is 9.83. The zero-order chi connectivity index (χ0) is 12.6. The third-order valence-corrected chi connectivity index (χ3v) is 2.77. The highest BCUT2D eigenvalue weighted by Gasteiger charge is 2.20. The van der Waals surface area contributed by atoms with Crippen LogP contribution in [-0.2, 0) is 5.60 Å². The number of nitrogens with zero attached hydrogens (tertiary/aromatic N) is 3. The molecule has 2 aromatic rings. The molecule has 0 radical (unpaired) electrons. The Hall–Kier alpha value is -1.39. The van der Waals surface area contributed by atoms with Gasteiger partial charge in [0.1, 0.15) is 11.3 Å². The molecule has 0 bridgehead atoms. The molecule has 0 saturated carbocycles. The van der Waals surface area contributed by atoms with E-state index in [-0.39, 0.29) is 0 Å². The average Bonchev–Trinajstić information content (AvgIpc) is 2.70. The fraction of sp³-hybridized carbons (Fsp3) is 0.333. The Balaban J connectivity index is 2.47. The molecule has 1 heterocycles. The molecule has 5 heteroatoms. The minimum absolute atomic E-state index is 0.525. The summed E-state index contributed by atoms with van der Waals surface area (Å²) in [5.41, 5.74) is 1.43. The van der Waals surface area contributed by atoms with Crippen LogP contribution in [0.2, 0.25) is 5.02 Å². The SMILES string of the molecule is Cc1ccc(Cl)cc1-n1cc(C(C)(C)O)nn1. The largest absolute Gasteiger partial charge is 0.384 e. The van der Waals surface area contributed by atoms with Crippen molar-refractivity contribution >= 4 is 11.6 Å². The molecule has 4 nitrogen and oxygen atoms in total. The Morgan fingerprint density at radius 3 is 2.65 bits per heavy atom. The Labute approximate surface area is 105 Å². The first kappa shape index (κ1) is 12.1. The van der Waals surface area contributed by atoms with E-state index < -0.39 is 5.60 Å². The van der Waals surface area contributed by atoms with Gasteiger partial charge in [0.2, 0.25) is 0 Å². The lowest BCUT2D eigenvalue weighted by molar-refractivity contribution is 0.0737. The van der Waals surface area contributed by atoms with Crippen LogP contribution in [-0.4, -0.2) is 20.1 Å². The molecular formula is C12H14ClN3O. The van der Waals surface area contributed by atoms with E-state index in [1.54, 1.807) is 24.7 Å². The Morgan fingerprint density at radius 2 is 2.06 bits per heavy atom. The van der Waals surface area contributed by atoms with Gasteiger partial charge in [-0.05, 0) is 38.5 Å². The van der Waals surface area contributed by atoms with Crippen LogP contribution in [0.25, 0.3) is 5.69 Å². The molecule has 0 aliphatic heterocycles. The Bertz CT molecular complexity index is 543. The van der Waals surface area contributed by atoms with Gasteiger partial charge < -0.3 is 5.11 Å². The molecule has 0 fully saturated rings. The summed E-state index contributed by atoms with van der Waals surface area (Å²) in [5.74, 6) is 0. The standard InChI is InChI=1S/C12H14ClN3O/c1-8-4-5-9(13)6-10(8)16-7-11(14-15-16)12(2,3)17/h4-7,17H,1-3H3. The molecule has 0 amide bonds. The van der Waals surface area contributed by atoms with Gasteiger partial charge in [-0.2, -0.15) is 0 Å². The van der Waals surface area contributed by atoms with Crippen LogP contribution in [0.15, 0.2) is 24.4 Å². The second kappa shape index (κ2) is 4.13. The summed E-state index contributed by atoms with van der Waals surface area (Å²) in [7, 11) is 0. The molecule has 0 aliphatic carbocycles. The number of aryl methyl sites for hydroxylation is 1. The molecule has 1 N–H and O–H groups in total. The molecule has 0 atom stereocenters. The predicted octanol–water partition coefficient (Wildman–Crippen LogP) is 2.46. The van der Waals surface area contributed by atoms with Gasteiger partial charge >= 0.3 is 0 Å². The molecule has 1 aromatic carbocycles. The number of aliphatic hydroxyl groups is 1. The smallest absolute Gasteiger partial charge is 0.114 e. The monoisotopic (exact) mass is 251 g/mol. The maximum atomic E-state index is 9.83. The van der Waals surface area contributed by atoms with Gasteiger partial charge in [0.15, 0.2) is 0 Å². The van der Waals surface area contributed by atoms with E-state index in [4.69, 9.17) is 11.6 Å². The lowest BCUT2D eigenvalue weighted by Gasteiger charge is -2.12. The van der Waals surface area contributed by atoms with E-state index in [0.717, 1.165) is 11.3 Å². The first-order valence-corrected chi connectivity index (χ1v) is 5.67. The summed E-state index contributed by atoms with van der Waals surface area (Å²) in [6.45, 7) is 5.31.